The van der Waals surface area contributed by atoms with Gasteiger partial charge in [0.1, 0.15) is 13.1 Å². The fourth-order valence-electron chi connectivity index (χ4n) is 3.20. The van der Waals surface area contributed by atoms with Gasteiger partial charge in [0.25, 0.3) is 0 Å². The molecule has 0 saturated carbocycles. The van der Waals surface area contributed by atoms with Crippen LogP contribution < -0.4 is 0 Å². The molecule has 1 saturated heterocycles. The smallest absolute Gasteiger partial charge is 0.225 e. The molecule has 1 aliphatic rings. The molecule has 6 nitrogen and oxygen atoms in total. The molecule has 0 radical (unpaired) electrons. The third-order valence-electron chi connectivity index (χ3n) is 4.83. The van der Waals surface area contributed by atoms with Crippen LogP contribution in [-0.4, -0.2) is 66.4 Å². The van der Waals surface area contributed by atoms with Gasteiger partial charge in [-0.05, 0) is 18.6 Å². The van der Waals surface area contributed by atoms with Gasteiger partial charge in [-0.1, -0.05) is 29.8 Å². The first-order chi connectivity index (χ1) is 12.6. The zero-order valence-corrected chi connectivity index (χ0v) is 15.8. The Kier molecular flexibility index (Phi) is 7.87. The third kappa shape index (κ3) is 5.44. The lowest BCUT2D eigenvalue weighted by molar-refractivity contribution is -0.130. The molecule has 7 heteroatoms. The topological polar surface area (TPSA) is 74.4 Å². The average molecular weight is 374 g/mol. The SMILES string of the molecule is CC(c1ccccc1Cl)N1CCN(CCC(=O)N(CC#N)CC#N)CC1. The fourth-order valence-corrected chi connectivity index (χ4v) is 3.49. The van der Waals surface area contributed by atoms with Crippen molar-refractivity contribution in [2.75, 3.05) is 45.8 Å². The maximum atomic E-state index is 12.1. The van der Waals surface area contributed by atoms with E-state index in [1.54, 1.807) is 0 Å². The normalized spacial score (nSPS) is 16.5. The van der Waals surface area contributed by atoms with E-state index in [1.165, 1.54) is 4.90 Å². The maximum Gasteiger partial charge on any atom is 0.225 e. The summed E-state index contributed by atoms with van der Waals surface area (Å²) in [7, 11) is 0. The number of nitrogens with zero attached hydrogens (tertiary/aromatic N) is 5. The predicted molar refractivity (Wildman–Crippen MR) is 100 cm³/mol. The molecule has 0 aromatic heterocycles. The summed E-state index contributed by atoms with van der Waals surface area (Å²) in [6.07, 6.45) is 0.337. The highest BCUT2D eigenvalue weighted by atomic mass is 35.5. The molecule has 1 unspecified atom stereocenters. The average Bonchev–Trinajstić information content (AvgIpc) is 2.66. The number of halogens is 1. The van der Waals surface area contributed by atoms with Crippen molar-refractivity contribution in [2.24, 2.45) is 0 Å². The quantitative estimate of drug-likeness (QED) is 0.685. The first kappa shape index (κ1) is 20.2. The van der Waals surface area contributed by atoms with Crippen molar-refractivity contribution in [2.45, 2.75) is 19.4 Å². The summed E-state index contributed by atoms with van der Waals surface area (Å²) in [6.45, 7) is 6.37. The molecule has 1 aromatic rings. The van der Waals surface area contributed by atoms with E-state index < -0.39 is 0 Å². The Balaban J connectivity index is 1.80. The molecule has 1 aliphatic heterocycles. The summed E-state index contributed by atoms with van der Waals surface area (Å²) in [5.41, 5.74) is 1.14. The molecule has 26 heavy (non-hydrogen) atoms. The molecule has 138 valence electrons. The molecule has 0 bridgehead atoms. The van der Waals surface area contributed by atoms with Crippen LogP contribution in [0.15, 0.2) is 24.3 Å². The highest BCUT2D eigenvalue weighted by Crippen LogP contribution is 2.27. The maximum absolute atomic E-state index is 12.1. The number of nitriles is 2. The van der Waals surface area contributed by atoms with E-state index in [1.807, 2.05) is 30.3 Å². The second-order valence-electron chi connectivity index (χ2n) is 6.39. The second-order valence-corrected chi connectivity index (χ2v) is 6.80. The number of carbonyl (C=O) groups is 1. The van der Waals surface area contributed by atoms with Crippen molar-refractivity contribution in [3.8, 4) is 12.1 Å². The Morgan fingerprint density at radius 1 is 1.19 bits per heavy atom. The Morgan fingerprint density at radius 2 is 1.81 bits per heavy atom. The number of benzene rings is 1. The van der Waals surface area contributed by atoms with Crippen molar-refractivity contribution < 1.29 is 4.79 Å². The second kappa shape index (κ2) is 10.1. The van der Waals surface area contributed by atoms with E-state index in [9.17, 15) is 4.79 Å². The Labute approximate surface area is 160 Å². The van der Waals surface area contributed by atoms with Gasteiger partial charge in [0.2, 0.25) is 5.91 Å². The number of hydrogen-bond donors (Lipinski definition) is 0. The van der Waals surface area contributed by atoms with Gasteiger partial charge < -0.3 is 9.80 Å². The largest absolute Gasteiger partial charge is 0.316 e. The van der Waals surface area contributed by atoms with Gasteiger partial charge in [0.15, 0.2) is 0 Å². The van der Waals surface area contributed by atoms with Crippen molar-refractivity contribution in [1.82, 2.24) is 14.7 Å². The molecule has 0 aliphatic carbocycles. The van der Waals surface area contributed by atoms with Crippen LogP contribution in [0.25, 0.3) is 0 Å². The molecular formula is C19H24ClN5O. The molecule has 2 rings (SSSR count). The Morgan fingerprint density at radius 3 is 2.38 bits per heavy atom. The van der Waals surface area contributed by atoms with Crippen molar-refractivity contribution in [3.05, 3.63) is 34.9 Å². The van der Waals surface area contributed by atoms with Gasteiger partial charge in [-0.25, -0.2) is 0 Å². The first-order valence-corrected chi connectivity index (χ1v) is 9.17. The summed E-state index contributed by atoms with van der Waals surface area (Å²) in [4.78, 5) is 18.1. The van der Waals surface area contributed by atoms with E-state index in [0.29, 0.717) is 13.0 Å². The number of rotatable bonds is 7. The van der Waals surface area contributed by atoms with E-state index in [4.69, 9.17) is 22.1 Å². The highest BCUT2D eigenvalue weighted by Gasteiger charge is 2.24. The summed E-state index contributed by atoms with van der Waals surface area (Å²) in [5, 5.41) is 18.3. The lowest BCUT2D eigenvalue weighted by Gasteiger charge is -2.38. The summed E-state index contributed by atoms with van der Waals surface area (Å²) < 4.78 is 0. The minimum absolute atomic E-state index is 0.0322. The van der Waals surface area contributed by atoms with Crippen LogP contribution in [0.5, 0.6) is 0 Å². The molecule has 1 heterocycles. The standard InChI is InChI=1S/C19H24ClN5O/c1-16(17-4-2-3-5-18(17)20)24-14-12-23(13-15-24)9-6-19(26)25(10-7-21)11-8-22/h2-5,16H,6,9-15H2,1H3. The fraction of sp³-hybridized carbons (Fsp3) is 0.526. The van der Waals surface area contributed by atoms with Crippen LogP contribution in [-0.2, 0) is 4.79 Å². The minimum atomic E-state index is -0.139. The summed E-state index contributed by atoms with van der Waals surface area (Å²) >= 11 is 6.31. The van der Waals surface area contributed by atoms with Crippen LogP contribution >= 0.6 is 11.6 Å². The number of piperazine rings is 1. The molecule has 0 spiro atoms. The third-order valence-corrected chi connectivity index (χ3v) is 5.17. The Hall–Kier alpha value is -2.12. The van der Waals surface area contributed by atoms with E-state index in [0.717, 1.165) is 36.8 Å². The van der Waals surface area contributed by atoms with Crippen molar-refractivity contribution in [3.63, 3.8) is 0 Å². The van der Waals surface area contributed by atoms with Crippen LogP contribution in [0.2, 0.25) is 5.02 Å². The number of carbonyl (C=O) groups excluding carboxylic acids is 1. The van der Waals surface area contributed by atoms with Gasteiger partial charge >= 0.3 is 0 Å². The summed E-state index contributed by atoms with van der Waals surface area (Å²) in [6, 6.07) is 12.1. The van der Waals surface area contributed by atoms with E-state index in [2.05, 4.69) is 22.8 Å². The number of hydrogen-bond acceptors (Lipinski definition) is 5. The van der Waals surface area contributed by atoms with Crippen LogP contribution in [0, 0.1) is 22.7 Å². The number of amides is 1. The summed E-state index contributed by atoms with van der Waals surface area (Å²) in [5.74, 6) is -0.139. The zero-order chi connectivity index (χ0) is 18.9. The van der Waals surface area contributed by atoms with Gasteiger partial charge in [-0.3, -0.25) is 9.69 Å². The monoisotopic (exact) mass is 373 g/mol. The molecular weight excluding hydrogens is 350 g/mol. The molecule has 1 fully saturated rings. The minimum Gasteiger partial charge on any atom is -0.316 e. The predicted octanol–water partition coefficient (Wildman–Crippen LogP) is 2.28. The van der Waals surface area contributed by atoms with Crippen LogP contribution in [0.1, 0.15) is 24.9 Å². The van der Waals surface area contributed by atoms with Gasteiger partial charge in [0, 0.05) is 50.2 Å². The van der Waals surface area contributed by atoms with Crippen molar-refractivity contribution in [1.29, 1.82) is 10.5 Å². The van der Waals surface area contributed by atoms with Crippen LogP contribution in [0.3, 0.4) is 0 Å². The Bertz CT molecular complexity index is 672. The van der Waals surface area contributed by atoms with Crippen molar-refractivity contribution >= 4 is 17.5 Å². The van der Waals surface area contributed by atoms with Gasteiger partial charge in [0.05, 0.1) is 12.1 Å². The van der Waals surface area contributed by atoms with Gasteiger partial charge in [-0.15, -0.1) is 0 Å². The van der Waals surface area contributed by atoms with E-state index in [-0.39, 0.29) is 25.0 Å². The van der Waals surface area contributed by atoms with Gasteiger partial charge in [-0.2, -0.15) is 10.5 Å². The lowest BCUT2D eigenvalue weighted by Crippen LogP contribution is -2.48. The zero-order valence-electron chi connectivity index (χ0n) is 15.1. The lowest BCUT2D eigenvalue weighted by atomic mass is 10.1. The molecule has 1 amide bonds. The molecule has 0 N–H and O–H groups in total. The molecule has 1 aromatic carbocycles. The first-order valence-electron chi connectivity index (χ1n) is 8.79. The van der Waals surface area contributed by atoms with E-state index >= 15 is 0 Å². The highest BCUT2D eigenvalue weighted by molar-refractivity contribution is 6.31. The van der Waals surface area contributed by atoms with Crippen LogP contribution in [0.4, 0.5) is 0 Å². The molecule has 1 atom stereocenters.